The number of aromatic nitrogens is 2. The number of nitrogens with zero attached hydrogens (tertiary/aromatic N) is 2. The largest absolute Gasteiger partial charge is 0.399 e. The first-order valence-electron chi connectivity index (χ1n) is 4.69. The van der Waals surface area contributed by atoms with Crippen LogP contribution in [0.4, 0.5) is 5.69 Å². The zero-order valence-electron chi connectivity index (χ0n) is 8.14. The van der Waals surface area contributed by atoms with Gasteiger partial charge in [-0.25, -0.2) is 4.98 Å². The SMILES string of the molecule is CCc1nccn1-c1ccc(N)cc1. The van der Waals surface area contributed by atoms with Crippen LogP contribution in [-0.4, -0.2) is 9.55 Å². The lowest BCUT2D eigenvalue weighted by atomic mass is 10.3. The van der Waals surface area contributed by atoms with Gasteiger partial charge in [-0.2, -0.15) is 0 Å². The first-order chi connectivity index (χ1) is 6.81. The fourth-order valence-corrected chi connectivity index (χ4v) is 1.47. The van der Waals surface area contributed by atoms with Crippen molar-refractivity contribution in [3.63, 3.8) is 0 Å². The van der Waals surface area contributed by atoms with Crippen LogP contribution in [0, 0.1) is 0 Å². The molecule has 3 nitrogen and oxygen atoms in total. The predicted octanol–water partition coefficient (Wildman–Crippen LogP) is 2.02. The molecule has 2 aromatic rings. The fraction of sp³-hybridized carbons (Fsp3) is 0.182. The fourth-order valence-electron chi connectivity index (χ4n) is 1.47. The average Bonchev–Trinajstić information content (AvgIpc) is 2.67. The quantitative estimate of drug-likeness (QED) is 0.731. The minimum Gasteiger partial charge on any atom is -0.399 e. The van der Waals surface area contributed by atoms with Crippen molar-refractivity contribution in [3.05, 3.63) is 42.5 Å². The summed E-state index contributed by atoms with van der Waals surface area (Å²) in [6.45, 7) is 2.09. The molecule has 2 rings (SSSR count). The van der Waals surface area contributed by atoms with E-state index in [-0.39, 0.29) is 0 Å². The Morgan fingerprint density at radius 2 is 2.00 bits per heavy atom. The Morgan fingerprint density at radius 1 is 1.29 bits per heavy atom. The Kier molecular flexibility index (Phi) is 2.23. The molecule has 0 spiro atoms. The van der Waals surface area contributed by atoms with Gasteiger partial charge in [0.15, 0.2) is 0 Å². The van der Waals surface area contributed by atoms with Crippen LogP contribution in [0.2, 0.25) is 0 Å². The molecule has 2 N–H and O–H groups in total. The molecule has 1 aromatic heterocycles. The molecular weight excluding hydrogens is 174 g/mol. The van der Waals surface area contributed by atoms with E-state index in [1.165, 1.54) is 0 Å². The lowest BCUT2D eigenvalue weighted by Gasteiger charge is -2.06. The van der Waals surface area contributed by atoms with Gasteiger partial charge in [0.1, 0.15) is 5.82 Å². The van der Waals surface area contributed by atoms with Gasteiger partial charge in [0.2, 0.25) is 0 Å². The molecule has 0 unspecified atom stereocenters. The summed E-state index contributed by atoms with van der Waals surface area (Å²) in [4.78, 5) is 4.27. The highest BCUT2D eigenvalue weighted by atomic mass is 15.1. The number of aryl methyl sites for hydroxylation is 1. The Labute approximate surface area is 83.2 Å². The van der Waals surface area contributed by atoms with Crippen LogP contribution < -0.4 is 5.73 Å². The monoisotopic (exact) mass is 187 g/mol. The first kappa shape index (κ1) is 8.81. The number of benzene rings is 1. The zero-order valence-corrected chi connectivity index (χ0v) is 8.14. The summed E-state index contributed by atoms with van der Waals surface area (Å²) < 4.78 is 2.07. The molecule has 0 bridgehead atoms. The molecule has 0 aliphatic rings. The highest BCUT2D eigenvalue weighted by molar-refractivity contribution is 5.45. The third-order valence-electron chi connectivity index (χ3n) is 2.20. The van der Waals surface area contributed by atoms with Crippen LogP contribution in [-0.2, 0) is 6.42 Å². The van der Waals surface area contributed by atoms with Gasteiger partial charge >= 0.3 is 0 Å². The Morgan fingerprint density at radius 3 is 2.64 bits per heavy atom. The van der Waals surface area contributed by atoms with Gasteiger partial charge in [0.25, 0.3) is 0 Å². The van der Waals surface area contributed by atoms with E-state index < -0.39 is 0 Å². The van der Waals surface area contributed by atoms with Crippen LogP contribution in [0.1, 0.15) is 12.7 Å². The topological polar surface area (TPSA) is 43.8 Å². The number of hydrogen-bond donors (Lipinski definition) is 1. The van der Waals surface area contributed by atoms with Gasteiger partial charge in [0.05, 0.1) is 0 Å². The second kappa shape index (κ2) is 3.54. The van der Waals surface area contributed by atoms with Crippen molar-refractivity contribution >= 4 is 5.69 Å². The van der Waals surface area contributed by atoms with E-state index in [2.05, 4.69) is 16.5 Å². The summed E-state index contributed by atoms with van der Waals surface area (Å²) in [7, 11) is 0. The van der Waals surface area contributed by atoms with Gasteiger partial charge in [0, 0.05) is 30.2 Å². The molecule has 0 aliphatic heterocycles. The first-order valence-corrected chi connectivity index (χ1v) is 4.69. The van der Waals surface area contributed by atoms with Crippen LogP contribution in [0.5, 0.6) is 0 Å². The van der Waals surface area contributed by atoms with Gasteiger partial charge in [-0.1, -0.05) is 6.92 Å². The second-order valence-electron chi connectivity index (χ2n) is 3.16. The molecule has 14 heavy (non-hydrogen) atoms. The highest BCUT2D eigenvalue weighted by Crippen LogP contribution is 2.12. The maximum Gasteiger partial charge on any atom is 0.112 e. The number of imidazole rings is 1. The molecule has 0 aliphatic carbocycles. The van der Waals surface area contributed by atoms with E-state index in [0.717, 1.165) is 23.6 Å². The summed E-state index contributed by atoms with van der Waals surface area (Å²) in [5, 5.41) is 0. The molecule has 0 radical (unpaired) electrons. The lowest BCUT2D eigenvalue weighted by Crippen LogP contribution is -1.98. The number of anilines is 1. The molecule has 0 saturated heterocycles. The maximum atomic E-state index is 5.63. The van der Waals surface area contributed by atoms with Crippen LogP contribution in [0.15, 0.2) is 36.7 Å². The van der Waals surface area contributed by atoms with Crippen molar-refractivity contribution in [1.29, 1.82) is 0 Å². The summed E-state index contributed by atoms with van der Waals surface area (Å²) in [5.74, 6) is 1.06. The van der Waals surface area contributed by atoms with E-state index in [1.54, 1.807) is 0 Å². The molecule has 1 heterocycles. The Hall–Kier alpha value is -1.77. The van der Waals surface area contributed by atoms with Crippen molar-refractivity contribution in [2.45, 2.75) is 13.3 Å². The van der Waals surface area contributed by atoms with Gasteiger partial charge in [-0.15, -0.1) is 0 Å². The highest BCUT2D eigenvalue weighted by Gasteiger charge is 2.01. The van der Waals surface area contributed by atoms with Crippen LogP contribution in [0.3, 0.4) is 0 Å². The van der Waals surface area contributed by atoms with Crippen LogP contribution in [0.25, 0.3) is 5.69 Å². The average molecular weight is 187 g/mol. The second-order valence-corrected chi connectivity index (χ2v) is 3.16. The van der Waals surface area contributed by atoms with E-state index in [1.807, 2.05) is 36.7 Å². The molecule has 0 saturated carbocycles. The van der Waals surface area contributed by atoms with Crippen molar-refractivity contribution in [3.8, 4) is 5.69 Å². The van der Waals surface area contributed by atoms with Crippen molar-refractivity contribution in [2.75, 3.05) is 5.73 Å². The van der Waals surface area contributed by atoms with Gasteiger partial charge < -0.3 is 10.3 Å². The number of nitrogen functional groups attached to an aromatic ring is 1. The minimum atomic E-state index is 0.784. The standard InChI is InChI=1S/C11H13N3/c1-2-11-13-7-8-14(11)10-5-3-9(12)4-6-10/h3-8H,2,12H2,1H3. The number of hydrogen-bond acceptors (Lipinski definition) is 2. The maximum absolute atomic E-state index is 5.63. The van der Waals surface area contributed by atoms with Crippen molar-refractivity contribution < 1.29 is 0 Å². The molecule has 0 amide bonds. The number of rotatable bonds is 2. The number of nitrogens with two attached hydrogens (primary N) is 1. The molecule has 0 fully saturated rings. The van der Waals surface area contributed by atoms with Crippen LogP contribution >= 0.6 is 0 Å². The normalized spacial score (nSPS) is 10.4. The van der Waals surface area contributed by atoms with E-state index >= 15 is 0 Å². The molecular formula is C11H13N3. The zero-order chi connectivity index (χ0) is 9.97. The third kappa shape index (κ3) is 1.48. The summed E-state index contributed by atoms with van der Waals surface area (Å²) in [6.07, 6.45) is 4.71. The third-order valence-corrected chi connectivity index (χ3v) is 2.20. The van der Waals surface area contributed by atoms with Gasteiger partial charge in [-0.3, -0.25) is 0 Å². The van der Waals surface area contributed by atoms with E-state index in [9.17, 15) is 0 Å². The molecule has 0 atom stereocenters. The molecule has 3 heteroatoms. The lowest BCUT2D eigenvalue weighted by molar-refractivity contribution is 0.891. The van der Waals surface area contributed by atoms with Gasteiger partial charge in [-0.05, 0) is 24.3 Å². The molecule has 72 valence electrons. The Balaban J connectivity index is 2.44. The summed E-state index contributed by atoms with van der Waals surface area (Å²) >= 11 is 0. The smallest absolute Gasteiger partial charge is 0.112 e. The van der Waals surface area contributed by atoms with E-state index in [4.69, 9.17) is 5.73 Å². The molecule has 1 aromatic carbocycles. The van der Waals surface area contributed by atoms with Crippen molar-refractivity contribution in [2.24, 2.45) is 0 Å². The predicted molar refractivity (Wildman–Crippen MR) is 57.4 cm³/mol. The summed E-state index contributed by atoms with van der Waals surface area (Å²) in [5.41, 5.74) is 7.52. The van der Waals surface area contributed by atoms with Crippen molar-refractivity contribution in [1.82, 2.24) is 9.55 Å². The van der Waals surface area contributed by atoms with E-state index in [0.29, 0.717) is 0 Å². The minimum absolute atomic E-state index is 0.784. The summed E-state index contributed by atoms with van der Waals surface area (Å²) in [6, 6.07) is 7.79. The Bertz CT molecular complexity index is 414.